The zero-order valence-corrected chi connectivity index (χ0v) is 13.3. The monoisotopic (exact) mass is 316 g/mol. The van der Waals surface area contributed by atoms with Crippen molar-refractivity contribution in [1.29, 1.82) is 0 Å². The highest BCUT2D eigenvalue weighted by atomic mass is 16.6. The molecule has 1 aliphatic carbocycles. The van der Waals surface area contributed by atoms with Crippen molar-refractivity contribution in [1.82, 2.24) is 0 Å². The smallest absolute Gasteiger partial charge is 0.334 e. The van der Waals surface area contributed by atoms with Crippen molar-refractivity contribution in [3.8, 4) is 12.3 Å². The van der Waals surface area contributed by atoms with E-state index in [0.29, 0.717) is 22.3 Å². The SMILES string of the molecule is C#CCC1(OC(=O)C(=C)C)c2ccccc2C(=O)c2ccccc21. The highest BCUT2D eigenvalue weighted by molar-refractivity contribution is 6.13. The summed E-state index contributed by atoms with van der Waals surface area (Å²) in [6, 6.07) is 14.2. The molecule has 0 N–H and O–H groups in total. The third kappa shape index (κ3) is 2.24. The van der Waals surface area contributed by atoms with Gasteiger partial charge in [-0.15, -0.1) is 12.3 Å². The summed E-state index contributed by atoms with van der Waals surface area (Å²) < 4.78 is 5.85. The second-order valence-electron chi connectivity index (χ2n) is 5.80. The molecular formula is C21H16O3. The van der Waals surface area contributed by atoms with Gasteiger partial charge in [-0.2, -0.15) is 0 Å². The van der Waals surface area contributed by atoms with Crippen LogP contribution in [0.15, 0.2) is 60.7 Å². The van der Waals surface area contributed by atoms with E-state index >= 15 is 0 Å². The summed E-state index contributed by atoms with van der Waals surface area (Å²) in [5, 5.41) is 0. The topological polar surface area (TPSA) is 43.4 Å². The molecule has 0 unspecified atom stereocenters. The van der Waals surface area contributed by atoms with E-state index in [-0.39, 0.29) is 17.8 Å². The summed E-state index contributed by atoms with van der Waals surface area (Å²) in [6.45, 7) is 5.23. The minimum atomic E-state index is -1.19. The lowest BCUT2D eigenvalue weighted by molar-refractivity contribution is -0.151. The van der Waals surface area contributed by atoms with E-state index in [0.717, 1.165) is 0 Å². The van der Waals surface area contributed by atoms with Crippen molar-refractivity contribution in [3.05, 3.63) is 82.9 Å². The number of hydrogen-bond donors (Lipinski definition) is 0. The van der Waals surface area contributed by atoms with Gasteiger partial charge in [0.1, 0.15) is 0 Å². The molecule has 0 heterocycles. The number of fused-ring (bicyclic) bond motifs is 2. The molecule has 0 saturated carbocycles. The van der Waals surface area contributed by atoms with Crippen molar-refractivity contribution in [2.75, 3.05) is 0 Å². The van der Waals surface area contributed by atoms with Gasteiger partial charge in [0.15, 0.2) is 11.4 Å². The van der Waals surface area contributed by atoms with Crippen LogP contribution >= 0.6 is 0 Å². The number of terminal acetylenes is 1. The van der Waals surface area contributed by atoms with Crippen molar-refractivity contribution in [2.24, 2.45) is 0 Å². The fraction of sp³-hybridized carbons (Fsp3) is 0.143. The summed E-state index contributed by atoms with van der Waals surface area (Å²) in [7, 11) is 0. The summed E-state index contributed by atoms with van der Waals surface area (Å²) in [5.41, 5.74) is 1.31. The largest absolute Gasteiger partial charge is 0.445 e. The molecule has 0 fully saturated rings. The van der Waals surface area contributed by atoms with Crippen molar-refractivity contribution in [2.45, 2.75) is 18.9 Å². The third-order valence-corrected chi connectivity index (χ3v) is 4.18. The van der Waals surface area contributed by atoms with Gasteiger partial charge in [-0.05, 0) is 6.92 Å². The van der Waals surface area contributed by atoms with Crippen LogP contribution in [0.5, 0.6) is 0 Å². The minimum absolute atomic E-state index is 0.0970. The second-order valence-corrected chi connectivity index (χ2v) is 5.80. The van der Waals surface area contributed by atoms with Crippen LogP contribution in [0.2, 0.25) is 0 Å². The number of ketones is 1. The van der Waals surface area contributed by atoms with Crippen LogP contribution in [0.1, 0.15) is 40.4 Å². The summed E-state index contributed by atoms with van der Waals surface area (Å²) in [5.74, 6) is 1.97. The number of esters is 1. The summed E-state index contributed by atoms with van der Waals surface area (Å²) in [4.78, 5) is 25.1. The lowest BCUT2D eigenvalue weighted by Crippen LogP contribution is -2.40. The molecule has 0 amide bonds. The van der Waals surface area contributed by atoms with Gasteiger partial charge in [0, 0.05) is 27.8 Å². The first-order chi connectivity index (χ1) is 11.5. The van der Waals surface area contributed by atoms with Crippen LogP contribution in [0, 0.1) is 12.3 Å². The van der Waals surface area contributed by atoms with E-state index in [1.807, 2.05) is 0 Å². The van der Waals surface area contributed by atoms with Crippen LogP contribution in [0.3, 0.4) is 0 Å². The fourth-order valence-electron chi connectivity index (χ4n) is 3.08. The van der Waals surface area contributed by atoms with E-state index in [2.05, 4.69) is 12.5 Å². The van der Waals surface area contributed by atoms with Crippen LogP contribution in [-0.4, -0.2) is 11.8 Å². The molecule has 24 heavy (non-hydrogen) atoms. The second kappa shape index (κ2) is 5.82. The first-order valence-corrected chi connectivity index (χ1v) is 7.57. The van der Waals surface area contributed by atoms with Gasteiger partial charge in [0.25, 0.3) is 0 Å². The Hall–Kier alpha value is -3.12. The van der Waals surface area contributed by atoms with E-state index in [1.165, 1.54) is 0 Å². The maximum atomic E-state index is 12.8. The number of carbonyl (C=O) groups is 2. The zero-order valence-electron chi connectivity index (χ0n) is 13.3. The Balaban J connectivity index is 2.33. The van der Waals surface area contributed by atoms with Crippen molar-refractivity contribution < 1.29 is 14.3 Å². The Bertz CT molecular complexity index is 850. The number of ether oxygens (including phenoxy) is 1. The lowest BCUT2D eigenvalue weighted by Gasteiger charge is -2.38. The lowest BCUT2D eigenvalue weighted by atomic mass is 9.72. The maximum absolute atomic E-state index is 12.8. The molecule has 118 valence electrons. The Morgan fingerprint density at radius 1 is 1.12 bits per heavy atom. The van der Waals surface area contributed by atoms with Crippen LogP contribution in [0.25, 0.3) is 0 Å². The van der Waals surface area contributed by atoms with Gasteiger partial charge in [-0.1, -0.05) is 55.1 Å². The molecule has 2 aromatic rings. The normalized spacial score (nSPS) is 14.1. The van der Waals surface area contributed by atoms with Gasteiger partial charge in [-0.25, -0.2) is 4.79 Å². The van der Waals surface area contributed by atoms with Gasteiger partial charge in [0.05, 0.1) is 6.42 Å². The Kier molecular flexibility index (Phi) is 3.83. The van der Waals surface area contributed by atoms with Crippen molar-refractivity contribution >= 4 is 11.8 Å². The highest BCUT2D eigenvalue weighted by Crippen LogP contribution is 2.45. The number of benzene rings is 2. The Labute approximate surface area is 141 Å². The molecular weight excluding hydrogens is 300 g/mol. The first kappa shape index (κ1) is 15.8. The number of hydrogen-bond acceptors (Lipinski definition) is 3. The zero-order chi connectivity index (χ0) is 17.3. The average molecular weight is 316 g/mol. The van der Waals surface area contributed by atoms with Gasteiger partial charge >= 0.3 is 5.97 Å². The van der Waals surface area contributed by atoms with Crippen LogP contribution in [-0.2, 0) is 15.1 Å². The molecule has 0 bridgehead atoms. The van der Waals surface area contributed by atoms with E-state index in [9.17, 15) is 9.59 Å². The van der Waals surface area contributed by atoms with E-state index in [4.69, 9.17) is 11.2 Å². The molecule has 3 rings (SSSR count). The van der Waals surface area contributed by atoms with E-state index in [1.54, 1.807) is 55.5 Å². The predicted octanol–water partition coefficient (Wildman–Crippen LogP) is 3.62. The number of carbonyl (C=O) groups excluding carboxylic acids is 2. The molecule has 0 spiro atoms. The molecule has 3 nitrogen and oxygen atoms in total. The molecule has 0 aromatic heterocycles. The fourth-order valence-corrected chi connectivity index (χ4v) is 3.08. The standard InChI is InChI=1S/C21H16O3/c1-4-13-21(24-20(23)14(2)3)17-11-7-5-9-15(17)19(22)16-10-6-8-12-18(16)21/h1,5-12H,2,13H2,3H3. The predicted molar refractivity (Wildman–Crippen MR) is 91.5 cm³/mol. The Morgan fingerprint density at radius 3 is 2.08 bits per heavy atom. The maximum Gasteiger partial charge on any atom is 0.334 e. The molecule has 2 aromatic carbocycles. The Morgan fingerprint density at radius 2 is 1.62 bits per heavy atom. The van der Waals surface area contributed by atoms with Gasteiger partial charge in [-0.3, -0.25) is 4.79 Å². The highest BCUT2D eigenvalue weighted by Gasteiger charge is 2.46. The summed E-state index contributed by atoms with van der Waals surface area (Å²) >= 11 is 0. The number of rotatable bonds is 3. The van der Waals surface area contributed by atoms with Crippen LogP contribution in [0.4, 0.5) is 0 Å². The molecule has 0 radical (unpaired) electrons. The van der Waals surface area contributed by atoms with Gasteiger partial charge in [0.2, 0.25) is 0 Å². The minimum Gasteiger partial charge on any atom is -0.445 e. The molecule has 3 heteroatoms. The molecule has 0 saturated heterocycles. The third-order valence-electron chi connectivity index (χ3n) is 4.18. The molecule has 1 aliphatic rings. The van der Waals surface area contributed by atoms with Crippen LogP contribution < -0.4 is 0 Å². The van der Waals surface area contributed by atoms with Crippen molar-refractivity contribution in [3.63, 3.8) is 0 Å². The molecule has 0 aliphatic heterocycles. The van der Waals surface area contributed by atoms with E-state index < -0.39 is 11.6 Å². The summed E-state index contributed by atoms with van der Waals surface area (Å²) in [6.07, 6.45) is 5.73. The quantitative estimate of drug-likeness (QED) is 0.493. The first-order valence-electron chi connectivity index (χ1n) is 7.57. The average Bonchev–Trinajstić information content (AvgIpc) is 2.60. The molecule has 0 atom stereocenters. The van der Waals surface area contributed by atoms with Gasteiger partial charge < -0.3 is 4.74 Å².